The minimum Gasteiger partial charge on any atom is -0.316 e. The van der Waals surface area contributed by atoms with Crippen LogP contribution in [0.2, 0.25) is 0 Å². The first-order valence-electron chi connectivity index (χ1n) is 4.96. The highest BCUT2D eigenvalue weighted by Crippen LogP contribution is 2.38. The van der Waals surface area contributed by atoms with Crippen LogP contribution >= 0.6 is 0 Å². The normalized spacial score (nSPS) is 37.9. The molecule has 0 aromatic rings. The Morgan fingerprint density at radius 1 is 1.45 bits per heavy atom. The largest absolute Gasteiger partial charge is 0.316 e. The summed E-state index contributed by atoms with van der Waals surface area (Å²) in [5.74, 6) is 0.882. The van der Waals surface area contributed by atoms with Crippen molar-refractivity contribution in [2.45, 2.75) is 40.0 Å². The highest BCUT2D eigenvalue weighted by molar-refractivity contribution is 4.91. The first-order valence-corrected chi connectivity index (χ1v) is 4.96. The molecule has 1 nitrogen and oxygen atoms in total. The lowest BCUT2D eigenvalue weighted by Crippen LogP contribution is -2.27. The zero-order valence-electron chi connectivity index (χ0n) is 8.11. The van der Waals surface area contributed by atoms with Gasteiger partial charge in [-0.25, -0.2) is 0 Å². The van der Waals surface area contributed by atoms with E-state index in [9.17, 15) is 0 Å². The summed E-state index contributed by atoms with van der Waals surface area (Å²) >= 11 is 0. The summed E-state index contributed by atoms with van der Waals surface area (Å²) < 4.78 is 0. The third kappa shape index (κ3) is 1.58. The molecule has 1 heteroatoms. The Bertz CT molecular complexity index is 122. The number of hydrogen-bond acceptors (Lipinski definition) is 1. The topological polar surface area (TPSA) is 12.0 Å². The minimum absolute atomic E-state index is 0.634. The molecule has 0 radical (unpaired) electrons. The molecule has 1 rings (SSSR count). The summed E-state index contributed by atoms with van der Waals surface area (Å²) in [6, 6.07) is 0. The van der Waals surface area contributed by atoms with Gasteiger partial charge in [0.1, 0.15) is 0 Å². The van der Waals surface area contributed by atoms with E-state index in [1.54, 1.807) is 0 Å². The van der Waals surface area contributed by atoms with E-state index in [2.05, 4.69) is 26.1 Å². The van der Waals surface area contributed by atoms with Crippen molar-refractivity contribution in [2.24, 2.45) is 11.3 Å². The molecule has 0 aromatic carbocycles. The Kier molecular flexibility index (Phi) is 2.94. The summed E-state index contributed by atoms with van der Waals surface area (Å²) in [5.41, 5.74) is 0.634. The molecule has 1 N–H and O–H groups in total. The van der Waals surface area contributed by atoms with Crippen molar-refractivity contribution < 1.29 is 0 Å². The predicted octanol–water partition coefficient (Wildman–Crippen LogP) is 2.42. The third-order valence-corrected chi connectivity index (χ3v) is 3.42. The highest BCUT2D eigenvalue weighted by Gasteiger charge is 2.37. The maximum Gasteiger partial charge on any atom is 0.00109 e. The quantitative estimate of drug-likeness (QED) is 0.660. The van der Waals surface area contributed by atoms with E-state index >= 15 is 0 Å². The molecular weight excluding hydrogens is 134 g/mol. The lowest BCUT2D eigenvalue weighted by Gasteiger charge is -2.31. The van der Waals surface area contributed by atoms with Crippen LogP contribution in [-0.2, 0) is 0 Å². The van der Waals surface area contributed by atoms with E-state index < -0.39 is 0 Å². The van der Waals surface area contributed by atoms with E-state index in [1.165, 1.54) is 32.4 Å². The van der Waals surface area contributed by atoms with Crippen LogP contribution in [-0.4, -0.2) is 13.1 Å². The van der Waals surface area contributed by atoms with Gasteiger partial charge in [-0.05, 0) is 30.7 Å². The minimum atomic E-state index is 0.634. The zero-order valence-corrected chi connectivity index (χ0v) is 8.11. The van der Waals surface area contributed by atoms with Crippen LogP contribution in [0.4, 0.5) is 0 Å². The molecule has 2 unspecified atom stereocenters. The van der Waals surface area contributed by atoms with Crippen molar-refractivity contribution in [2.75, 3.05) is 13.1 Å². The fourth-order valence-corrected chi connectivity index (χ4v) is 2.41. The van der Waals surface area contributed by atoms with Crippen molar-refractivity contribution >= 4 is 0 Å². The first kappa shape index (κ1) is 9.05. The fourth-order valence-electron chi connectivity index (χ4n) is 2.41. The molecule has 1 aliphatic heterocycles. The van der Waals surface area contributed by atoms with Crippen LogP contribution in [0.15, 0.2) is 0 Å². The molecule has 1 aliphatic rings. The van der Waals surface area contributed by atoms with E-state index in [0.717, 1.165) is 5.92 Å². The van der Waals surface area contributed by atoms with Gasteiger partial charge >= 0.3 is 0 Å². The van der Waals surface area contributed by atoms with Crippen LogP contribution in [0.3, 0.4) is 0 Å². The van der Waals surface area contributed by atoms with Crippen molar-refractivity contribution in [3.8, 4) is 0 Å². The Labute approximate surface area is 70.6 Å². The maximum absolute atomic E-state index is 3.50. The van der Waals surface area contributed by atoms with Crippen molar-refractivity contribution in [1.29, 1.82) is 0 Å². The van der Waals surface area contributed by atoms with Gasteiger partial charge in [-0.3, -0.25) is 0 Å². The second-order valence-corrected chi connectivity index (χ2v) is 4.00. The molecule has 0 saturated carbocycles. The predicted molar refractivity (Wildman–Crippen MR) is 49.7 cm³/mol. The van der Waals surface area contributed by atoms with Crippen LogP contribution in [0.1, 0.15) is 40.0 Å². The molecule has 2 atom stereocenters. The van der Waals surface area contributed by atoms with E-state index in [4.69, 9.17) is 0 Å². The second-order valence-electron chi connectivity index (χ2n) is 4.00. The van der Waals surface area contributed by atoms with Crippen molar-refractivity contribution in [3.63, 3.8) is 0 Å². The highest BCUT2D eigenvalue weighted by atomic mass is 14.9. The van der Waals surface area contributed by atoms with Crippen LogP contribution in [0.5, 0.6) is 0 Å². The van der Waals surface area contributed by atoms with Crippen LogP contribution in [0, 0.1) is 11.3 Å². The molecule has 0 amide bonds. The first-order chi connectivity index (χ1) is 5.25. The van der Waals surface area contributed by atoms with E-state index in [0.29, 0.717) is 5.41 Å². The Hall–Kier alpha value is -0.0400. The molecule has 11 heavy (non-hydrogen) atoms. The lowest BCUT2D eigenvalue weighted by atomic mass is 9.73. The van der Waals surface area contributed by atoms with Gasteiger partial charge < -0.3 is 5.32 Å². The Morgan fingerprint density at radius 2 is 2.18 bits per heavy atom. The Morgan fingerprint density at radius 3 is 2.55 bits per heavy atom. The monoisotopic (exact) mass is 155 g/mol. The number of nitrogens with one attached hydrogen (secondary N) is 1. The number of rotatable bonds is 3. The fraction of sp³-hybridized carbons (Fsp3) is 1.00. The van der Waals surface area contributed by atoms with Gasteiger partial charge in [0.25, 0.3) is 0 Å². The van der Waals surface area contributed by atoms with Gasteiger partial charge in [-0.15, -0.1) is 0 Å². The van der Waals surface area contributed by atoms with Gasteiger partial charge in [-0.1, -0.05) is 27.2 Å². The summed E-state index contributed by atoms with van der Waals surface area (Å²) in [6.07, 6.45) is 4.08. The molecule has 0 bridgehead atoms. The lowest BCUT2D eigenvalue weighted by molar-refractivity contribution is 0.208. The van der Waals surface area contributed by atoms with Crippen molar-refractivity contribution in [1.82, 2.24) is 5.32 Å². The molecule has 66 valence electrons. The van der Waals surface area contributed by atoms with Gasteiger partial charge in [0.05, 0.1) is 0 Å². The smallest absolute Gasteiger partial charge is 0.00109 e. The third-order valence-electron chi connectivity index (χ3n) is 3.42. The Balaban J connectivity index is 2.57. The molecule has 0 spiro atoms. The van der Waals surface area contributed by atoms with Gasteiger partial charge in [0, 0.05) is 6.54 Å². The zero-order chi connectivity index (χ0) is 8.32. The van der Waals surface area contributed by atoms with Gasteiger partial charge in [0.15, 0.2) is 0 Å². The molecule has 0 aromatic heterocycles. The second kappa shape index (κ2) is 3.57. The molecule has 1 fully saturated rings. The van der Waals surface area contributed by atoms with Gasteiger partial charge in [-0.2, -0.15) is 0 Å². The maximum atomic E-state index is 3.50. The van der Waals surface area contributed by atoms with E-state index in [-0.39, 0.29) is 0 Å². The summed E-state index contributed by atoms with van der Waals surface area (Å²) in [4.78, 5) is 0. The van der Waals surface area contributed by atoms with Gasteiger partial charge in [0.2, 0.25) is 0 Å². The molecular formula is C10H21N. The van der Waals surface area contributed by atoms with Crippen LogP contribution < -0.4 is 5.32 Å². The summed E-state index contributed by atoms with van der Waals surface area (Å²) in [7, 11) is 0. The molecule has 1 saturated heterocycles. The average molecular weight is 155 g/mol. The number of hydrogen-bond donors (Lipinski definition) is 1. The summed E-state index contributed by atoms with van der Waals surface area (Å²) in [6.45, 7) is 9.49. The SMILES string of the molecule is CCCC1(CC)CNCC1C. The molecule has 0 aliphatic carbocycles. The van der Waals surface area contributed by atoms with Crippen LogP contribution in [0.25, 0.3) is 0 Å². The molecule has 1 heterocycles. The average Bonchev–Trinajstić information content (AvgIpc) is 2.35. The summed E-state index contributed by atoms with van der Waals surface area (Å²) in [5, 5.41) is 3.50. The van der Waals surface area contributed by atoms with E-state index in [1.807, 2.05) is 0 Å². The van der Waals surface area contributed by atoms with Crippen molar-refractivity contribution in [3.05, 3.63) is 0 Å². The standard InChI is InChI=1S/C10H21N/c1-4-6-10(5-2)8-11-7-9(10)3/h9,11H,4-8H2,1-3H3.